The Kier molecular flexibility index (Phi) is 21.0. The molecule has 0 aromatic carbocycles. The van der Waals surface area contributed by atoms with Crippen LogP contribution in [0.25, 0.3) is 0 Å². The summed E-state index contributed by atoms with van der Waals surface area (Å²) in [5.41, 5.74) is 0. The van der Waals surface area contributed by atoms with Gasteiger partial charge in [-0.15, -0.1) is 0 Å². The lowest BCUT2D eigenvalue weighted by Gasteiger charge is -2.12. The van der Waals surface area contributed by atoms with E-state index in [1.54, 1.807) is 0 Å². The van der Waals surface area contributed by atoms with E-state index < -0.39 is 43.1 Å². The zero-order valence-electron chi connectivity index (χ0n) is 20.5. The highest BCUT2D eigenvalue weighted by atomic mass is 16.6. The van der Waals surface area contributed by atoms with Gasteiger partial charge in [-0.25, -0.2) is 4.79 Å². The molecule has 0 bridgehead atoms. The quantitative estimate of drug-likeness (QED) is 0.145. The summed E-state index contributed by atoms with van der Waals surface area (Å²) in [5.74, 6) is -2.88. The number of carbonyl (C=O) groups is 3. The smallest absolute Gasteiger partial charge is 0.333 e. The lowest BCUT2D eigenvalue weighted by atomic mass is 10.0. The molecule has 0 spiro atoms. The lowest BCUT2D eigenvalue weighted by molar-refractivity contribution is -0.159. The maximum absolute atomic E-state index is 11.7. The van der Waals surface area contributed by atoms with Crippen molar-refractivity contribution in [3.63, 3.8) is 0 Å². The number of unbranched alkanes of at least 4 members (excludes halogenated alkanes) is 14. The molecule has 3 N–H and O–H groups in total. The summed E-state index contributed by atoms with van der Waals surface area (Å²) in [5, 5.41) is 27.2. The number of carboxylic acid groups (broad SMARTS) is 1. The summed E-state index contributed by atoms with van der Waals surface area (Å²) in [6.45, 7) is 1.52. The third-order valence-corrected chi connectivity index (χ3v) is 5.50. The van der Waals surface area contributed by atoms with Crippen molar-refractivity contribution < 1.29 is 39.2 Å². The predicted octanol–water partition coefficient (Wildman–Crippen LogP) is 4.53. The summed E-state index contributed by atoms with van der Waals surface area (Å²) >= 11 is 0. The van der Waals surface area contributed by atoms with Crippen LogP contribution in [0.5, 0.6) is 0 Å². The maximum atomic E-state index is 11.7. The van der Waals surface area contributed by atoms with Crippen molar-refractivity contribution in [1.29, 1.82) is 0 Å². The number of aliphatic hydroxyl groups excluding tert-OH is 2. The fraction of sp³-hybridized carbons (Fsp3) is 0.880. The van der Waals surface area contributed by atoms with Gasteiger partial charge < -0.3 is 24.8 Å². The van der Waals surface area contributed by atoms with Crippen LogP contribution < -0.4 is 0 Å². The molecule has 0 fully saturated rings. The monoisotopic (exact) mass is 474 g/mol. The molecule has 8 nitrogen and oxygen atoms in total. The number of ether oxygens (including phenoxy) is 2. The molecular formula is C25H46O8. The van der Waals surface area contributed by atoms with Gasteiger partial charge in [0, 0.05) is 6.42 Å². The molecule has 0 saturated heterocycles. The largest absolute Gasteiger partial charge is 0.479 e. The molecule has 0 aliphatic heterocycles. The Hall–Kier alpha value is -1.67. The van der Waals surface area contributed by atoms with Crippen molar-refractivity contribution in [2.75, 3.05) is 13.2 Å². The fourth-order valence-corrected chi connectivity index (χ4v) is 3.44. The molecule has 8 heteroatoms. The van der Waals surface area contributed by atoms with E-state index in [1.165, 1.54) is 77.0 Å². The topological polar surface area (TPSA) is 130 Å². The van der Waals surface area contributed by atoms with E-state index in [0.717, 1.165) is 19.3 Å². The highest BCUT2D eigenvalue weighted by Crippen LogP contribution is 2.13. The first-order chi connectivity index (χ1) is 15.9. The standard InChI is InChI=1S/C25H46O8/c1-2-3-4-5-6-7-8-9-10-11-12-13-14-15-16-17-23(28)32-19-21(26)20-33-24(29)18-22(27)25(30)31/h21-22,26-27H,2-20H2,1H3,(H,30,31)/t21?,22-/m0/s1. The first kappa shape index (κ1) is 31.3. The third-order valence-electron chi connectivity index (χ3n) is 5.50. The molecule has 1 unspecified atom stereocenters. The first-order valence-corrected chi connectivity index (χ1v) is 12.8. The second kappa shape index (κ2) is 22.1. The van der Waals surface area contributed by atoms with Crippen LogP contribution in [0.3, 0.4) is 0 Å². The summed E-state index contributed by atoms with van der Waals surface area (Å²) < 4.78 is 9.59. The van der Waals surface area contributed by atoms with Crippen molar-refractivity contribution in [2.45, 2.75) is 128 Å². The number of aliphatic carboxylic acids is 1. The van der Waals surface area contributed by atoms with Crippen LogP contribution in [0.2, 0.25) is 0 Å². The van der Waals surface area contributed by atoms with Gasteiger partial charge in [-0.3, -0.25) is 9.59 Å². The number of rotatable bonds is 23. The fourth-order valence-electron chi connectivity index (χ4n) is 3.44. The minimum absolute atomic E-state index is 0.287. The van der Waals surface area contributed by atoms with E-state index >= 15 is 0 Å². The number of hydrogen-bond acceptors (Lipinski definition) is 7. The van der Waals surface area contributed by atoms with Crippen molar-refractivity contribution >= 4 is 17.9 Å². The third kappa shape index (κ3) is 21.9. The van der Waals surface area contributed by atoms with Gasteiger partial charge in [-0.2, -0.15) is 0 Å². The Morgan fingerprint density at radius 1 is 0.636 bits per heavy atom. The van der Waals surface area contributed by atoms with E-state index in [1.807, 2.05) is 0 Å². The Morgan fingerprint density at radius 3 is 1.45 bits per heavy atom. The average molecular weight is 475 g/mol. The van der Waals surface area contributed by atoms with Crippen LogP contribution in [0.1, 0.15) is 116 Å². The lowest BCUT2D eigenvalue weighted by Crippen LogP contribution is -2.28. The van der Waals surface area contributed by atoms with E-state index in [-0.39, 0.29) is 13.0 Å². The molecule has 0 radical (unpaired) electrons. The molecule has 0 aliphatic carbocycles. The summed E-state index contributed by atoms with van der Waals surface area (Å²) in [4.78, 5) is 33.4. The maximum Gasteiger partial charge on any atom is 0.333 e. The number of esters is 2. The van der Waals surface area contributed by atoms with Gasteiger partial charge in [0.05, 0.1) is 6.42 Å². The van der Waals surface area contributed by atoms with Gasteiger partial charge in [-0.1, -0.05) is 96.8 Å². The summed E-state index contributed by atoms with van der Waals surface area (Å²) in [6, 6.07) is 0. The molecule has 0 amide bonds. The first-order valence-electron chi connectivity index (χ1n) is 12.8. The van der Waals surface area contributed by atoms with Crippen LogP contribution in [0.4, 0.5) is 0 Å². The summed E-state index contributed by atoms with van der Waals surface area (Å²) in [6.07, 6.45) is 15.3. The van der Waals surface area contributed by atoms with Gasteiger partial charge in [0.25, 0.3) is 0 Å². The van der Waals surface area contributed by atoms with E-state index in [9.17, 15) is 19.5 Å². The van der Waals surface area contributed by atoms with Crippen LogP contribution in [0.15, 0.2) is 0 Å². The van der Waals surface area contributed by atoms with Gasteiger partial charge >= 0.3 is 17.9 Å². The van der Waals surface area contributed by atoms with Crippen molar-refractivity contribution in [3.05, 3.63) is 0 Å². The SMILES string of the molecule is CCCCCCCCCCCCCCCCCC(=O)OCC(O)COC(=O)C[C@H](O)C(=O)O. The number of carboxylic acids is 1. The molecule has 2 atom stereocenters. The molecule has 0 aliphatic rings. The minimum atomic E-state index is -1.85. The van der Waals surface area contributed by atoms with Gasteiger partial charge in [0.1, 0.15) is 19.3 Å². The normalized spacial score (nSPS) is 12.8. The van der Waals surface area contributed by atoms with Crippen molar-refractivity contribution in [3.8, 4) is 0 Å². The van der Waals surface area contributed by atoms with E-state index in [2.05, 4.69) is 11.7 Å². The molecule has 33 heavy (non-hydrogen) atoms. The number of aliphatic hydroxyl groups is 2. The minimum Gasteiger partial charge on any atom is -0.479 e. The van der Waals surface area contributed by atoms with Gasteiger partial charge in [0.2, 0.25) is 0 Å². The Balaban J connectivity index is 3.43. The van der Waals surface area contributed by atoms with Gasteiger partial charge in [0.15, 0.2) is 6.10 Å². The highest BCUT2D eigenvalue weighted by molar-refractivity contribution is 5.80. The Bertz CT molecular complexity index is 509. The van der Waals surface area contributed by atoms with Crippen LogP contribution >= 0.6 is 0 Å². The molecule has 0 saturated carbocycles. The molecule has 0 aromatic rings. The molecule has 0 heterocycles. The van der Waals surface area contributed by atoms with Gasteiger partial charge in [-0.05, 0) is 6.42 Å². The second-order valence-electron chi connectivity index (χ2n) is 8.78. The highest BCUT2D eigenvalue weighted by Gasteiger charge is 2.20. The van der Waals surface area contributed by atoms with Crippen LogP contribution in [-0.4, -0.2) is 58.6 Å². The van der Waals surface area contributed by atoms with Crippen molar-refractivity contribution in [1.82, 2.24) is 0 Å². The van der Waals surface area contributed by atoms with Crippen LogP contribution in [0, 0.1) is 0 Å². The summed E-state index contributed by atoms with van der Waals surface area (Å²) in [7, 11) is 0. The van der Waals surface area contributed by atoms with E-state index in [0.29, 0.717) is 0 Å². The molecule has 194 valence electrons. The Labute approximate surface area is 199 Å². The number of carbonyl (C=O) groups excluding carboxylic acids is 2. The Morgan fingerprint density at radius 2 is 1.03 bits per heavy atom. The zero-order chi connectivity index (χ0) is 24.7. The number of hydrogen-bond donors (Lipinski definition) is 3. The molecular weight excluding hydrogens is 428 g/mol. The second-order valence-corrected chi connectivity index (χ2v) is 8.78. The predicted molar refractivity (Wildman–Crippen MR) is 126 cm³/mol. The molecule has 0 aromatic heterocycles. The van der Waals surface area contributed by atoms with E-state index in [4.69, 9.17) is 14.9 Å². The zero-order valence-corrected chi connectivity index (χ0v) is 20.5. The molecule has 0 rings (SSSR count). The van der Waals surface area contributed by atoms with Crippen molar-refractivity contribution in [2.24, 2.45) is 0 Å². The van der Waals surface area contributed by atoms with Crippen LogP contribution in [-0.2, 0) is 23.9 Å². The average Bonchev–Trinajstić information content (AvgIpc) is 2.78.